The van der Waals surface area contributed by atoms with Gasteiger partial charge in [-0.15, -0.1) is 0 Å². The van der Waals surface area contributed by atoms with Gasteiger partial charge < -0.3 is 0 Å². The van der Waals surface area contributed by atoms with Crippen LogP contribution in [-0.4, -0.2) is 9.97 Å². The van der Waals surface area contributed by atoms with E-state index >= 15 is 0 Å². The van der Waals surface area contributed by atoms with Crippen LogP contribution in [0.25, 0.3) is 111 Å². The molecule has 0 N–H and O–H groups in total. The summed E-state index contributed by atoms with van der Waals surface area (Å²) >= 11 is 0. The topological polar surface area (TPSA) is 25.8 Å². The molecule has 0 saturated heterocycles. The summed E-state index contributed by atoms with van der Waals surface area (Å²) in [6.45, 7) is 4.77. The molecule has 0 saturated carbocycles. The van der Waals surface area contributed by atoms with Gasteiger partial charge in [-0.25, -0.2) is 9.97 Å². The van der Waals surface area contributed by atoms with E-state index in [1.54, 1.807) is 0 Å². The molecule has 0 radical (unpaired) electrons. The lowest BCUT2D eigenvalue weighted by Crippen LogP contribution is -2.15. The third-order valence-electron chi connectivity index (χ3n) is 13.3. The highest BCUT2D eigenvalue weighted by atomic mass is 14.9. The molecule has 0 atom stereocenters. The Balaban J connectivity index is 0.994. The molecule has 0 fully saturated rings. The number of hydrogen-bond acceptors (Lipinski definition) is 2. The summed E-state index contributed by atoms with van der Waals surface area (Å²) in [5.41, 5.74) is 17.4. The summed E-state index contributed by atoms with van der Waals surface area (Å²) in [7, 11) is 0. The Labute approximate surface area is 367 Å². The van der Waals surface area contributed by atoms with Gasteiger partial charge in [0.1, 0.15) is 0 Å². The molecule has 296 valence electrons. The average Bonchev–Trinajstić information content (AvgIpc) is 3.59. The van der Waals surface area contributed by atoms with Crippen molar-refractivity contribution in [2.75, 3.05) is 0 Å². The summed E-state index contributed by atoms with van der Waals surface area (Å²) in [5.74, 6) is 0.701. The van der Waals surface area contributed by atoms with Crippen molar-refractivity contribution in [3.05, 3.63) is 230 Å². The quantitative estimate of drug-likeness (QED) is 0.167. The van der Waals surface area contributed by atoms with E-state index in [0.717, 1.165) is 50.0 Å². The van der Waals surface area contributed by atoms with Gasteiger partial charge in [0.2, 0.25) is 0 Å². The second-order valence-electron chi connectivity index (χ2n) is 17.2. The van der Waals surface area contributed by atoms with Crippen LogP contribution in [-0.2, 0) is 5.41 Å². The van der Waals surface area contributed by atoms with Gasteiger partial charge >= 0.3 is 0 Å². The van der Waals surface area contributed by atoms with E-state index in [-0.39, 0.29) is 5.41 Å². The summed E-state index contributed by atoms with van der Waals surface area (Å²) in [6.07, 6.45) is 0. The van der Waals surface area contributed by atoms with E-state index < -0.39 is 0 Å². The summed E-state index contributed by atoms with van der Waals surface area (Å²) in [6, 6.07) is 79.0. The van der Waals surface area contributed by atoms with Crippen molar-refractivity contribution in [2.45, 2.75) is 19.3 Å². The van der Waals surface area contributed by atoms with Gasteiger partial charge in [-0.2, -0.15) is 0 Å². The van der Waals surface area contributed by atoms with E-state index in [2.05, 4.69) is 226 Å². The smallest absolute Gasteiger partial charge is 0.161 e. The predicted molar refractivity (Wildman–Crippen MR) is 265 cm³/mol. The second-order valence-corrected chi connectivity index (χ2v) is 17.2. The summed E-state index contributed by atoms with van der Waals surface area (Å²) in [5, 5.41) is 7.38. The molecule has 0 bridgehead atoms. The molecule has 1 aliphatic carbocycles. The first kappa shape index (κ1) is 36.9. The van der Waals surface area contributed by atoms with Gasteiger partial charge in [0.05, 0.1) is 11.4 Å². The van der Waals surface area contributed by atoms with Crippen LogP contribution in [0.2, 0.25) is 0 Å². The molecule has 2 heteroatoms. The molecular weight excluding hydrogens is 761 g/mol. The Morgan fingerprint density at radius 1 is 0.302 bits per heavy atom. The van der Waals surface area contributed by atoms with Crippen molar-refractivity contribution in [3.8, 4) is 78.4 Å². The van der Waals surface area contributed by atoms with Crippen molar-refractivity contribution in [2.24, 2.45) is 0 Å². The highest BCUT2D eigenvalue weighted by Crippen LogP contribution is 2.53. The highest BCUT2D eigenvalue weighted by molar-refractivity contribution is 6.12. The maximum Gasteiger partial charge on any atom is 0.161 e. The van der Waals surface area contributed by atoms with Crippen LogP contribution in [0.3, 0.4) is 0 Å². The number of fused-ring (bicyclic) bond motifs is 7. The van der Waals surface area contributed by atoms with E-state index in [1.165, 1.54) is 66.1 Å². The first-order chi connectivity index (χ1) is 31.0. The van der Waals surface area contributed by atoms with Gasteiger partial charge in [0, 0.05) is 22.1 Å². The van der Waals surface area contributed by atoms with E-state index in [1.807, 2.05) is 6.07 Å². The van der Waals surface area contributed by atoms with E-state index in [9.17, 15) is 0 Å². The fourth-order valence-electron chi connectivity index (χ4n) is 10.3. The van der Waals surface area contributed by atoms with Gasteiger partial charge in [0.25, 0.3) is 0 Å². The van der Waals surface area contributed by atoms with Gasteiger partial charge in [-0.3, -0.25) is 0 Å². The Morgan fingerprint density at radius 3 is 1.49 bits per heavy atom. The van der Waals surface area contributed by atoms with Crippen LogP contribution >= 0.6 is 0 Å². The minimum atomic E-state index is -0.131. The van der Waals surface area contributed by atoms with Crippen molar-refractivity contribution < 1.29 is 0 Å². The molecule has 0 spiro atoms. The van der Waals surface area contributed by atoms with E-state index in [0.29, 0.717) is 5.82 Å². The van der Waals surface area contributed by atoms with Crippen molar-refractivity contribution >= 4 is 32.3 Å². The Morgan fingerprint density at radius 2 is 0.794 bits per heavy atom. The maximum atomic E-state index is 5.39. The molecule has 0 unspecified atom stereocenters. The van der Waals surface area contributed by atoms with Crippen LogP contribution in [0.5, 0.6) is 0 Å². The maximum absolute atomic E-state index is 5.39. The standard InChI is InChI=1S/C61H42N2/c1-61(2)56-37-42(30-31-52(56)54-32-29-40-19-9-10-23-45(40)59(54)61)44-33-34-50(47-25-13-12-24-46(44)47)51-35-36-55(49-27-15-14-26-48(49)51)60-62-57(41-20-7-4-8-21-41)38-58(63-60)53-28-16-11-22-43(53)39-17-5-3-6-18-39/h3-38H,1-2H3. The second kappa shape index (κ2) is 14.6. The third-order valence-corrected chi connectivity index (χ3v) is 13.3. The predicted octanol–water partition coefficient (Wildman–Crippen LogP) is 16.2. The fourth-order valence-corrected chi connectivity index (χ4v) is 10.3. The fraction of sp³-hybridized carbons (Fsp3) is 0.0492. The molecule has 0 amide bonds. The Hall–Kier alpha value is -7.94. The number of benzene rings is 10. The van der Waals surface area contributed by atoms with Crippen molar-refractivity contribution in [3.63, 3.8) is 0 Å². The zero-order chi connectivity index (χ0) is 42.1. The zero-order valence-corrected chi connectivity index (χ0v) is 35.2. The number of rotatable bonds is 6. The van der Waals surface area contributed by atoms with Crippen LogP contribution < -0.4 is 0 Å². The minimum absolute atomic E-state index is 0.131. The number of aromatic nitrogens is 2. The lowest BCUT2D eigenvalue weighted by atomic mass is 9.79. The van der Waals surface area contributed by atoms with Crippen LogP contribution in [0.1, 0.15) is 25.0 Å². The van der Waals surface area contributed by atoms with Crippen LogP contribution in [0, 0.1) is 0 Å². The van der Waals surface area contributed by atoms with E-state index in [4.69, 9.17) is 9.97 Å². The number of nitrogens with zero attached hydrogens (tertiary/aromatic N) is 2. The van der Waals surface area contributed by atoms with Crippen molar-refractivity contribution in [1.82, 2.24) is 9.97 Å². The van der Waals surface area contributed by atoms with Crippen molar-refractivity contribution in [1.29, 1.82) is 0 Å². The van der Waals surface area contributed by atoms with Gasteiger partial charge in [0.15, 0.2) is 5.82 Å². The van der Waals surface area contributed by atoms with Gasteiger partial charge in [-0.05, 0) is 106 Å². The molecule has 11 aromatic rings. The normalized spacial score (nSPS) is 12.7. The molecule has 63 heavy (non-hydrogen) atoms. The van der Waals surface area contributed by atoms with Crippen LogP contribution in [0.15, 0.2) is 218 Å². The molecule has 2 nitrogen and oxygen atoms in total. The lowest BCUT2D eigenvalue weighted by molar-refractivity contribution is 0.666. The highest BCUT2D eigenvalue weighted by Gasteiger charge is 2.37. The Kier molecular flexibility index (Phi) is 8.55. The van der Waals surface area contributed by atoms with Crippen LogP contribution in [0.4, 0.5) is 0 Å². The molecule has 1 aliphatic rings. The largest absolute Gasteiger partial charge is 0.228 e. The molecule has 12 rings (SSSR count). The minimum Gasteiger partial charge on any atom is -0.228 e. The molecule has 1 heterocycles. The third kappa shape index (κ3) is 6.02. The lowest BCUT2D eigenvalue weighted by Gasteiger charge is -2.24. The zero-order valence-electron chi connectivity index (χ0n) is 35.2. The molecular formula is C61H42N2. The average molecular weight is 803 g/mol. The van der Waals surface area contributed by atoms with Gasteiger partial charge in [-0.1, -0.05) is 214 Å². The monoisotopic (exact) mass is 802 g/mol. The Bertz CT molecular complexity index is 3580. The molecule has 1 aromatic heterocycles. The molecule has 10 aromatic carbocycles. The molecule has 0 aliphatic heterocycles. The number of hydrogen-bond donors (Lipinski definition) is 0. The first-order valence-corrected chi connectivity index (χ1v) is 21.8. The summed E-state index contributed by atoms with van der Waals surface area (Å²) in [4.78, 5) is 10.7. The SMILES string of the molecule is CC1(C)c2cc(-c3ccc(-c4ccc(-c5nc(-c6ccccc6)cc(-c6ccccc6-c6ccccc6)n5)c5ccccc45)c4ccccc34)ccc2-c2ccc3ccccc3c21. The first-order valence-electron chi connectivity index (χ1n) is 21.8. The summed E-state index contributed by atoms with van der Waals surface area (Å²) < 4.78 is 0.